The summed E-state index contributed by atoms with van der Waals surface area (Å²) in [5.41, 5.74) is 4.19. The number of benzene rings is 2. The van der Waals surface area contributed by atoms with E-state index in [1.54, 1.807) is 6.20 Å². The van der Waals surface area contributed by atoms with Crippen LogP contribution >= 0.6 is 0 Å². The first kappa shape index (κ1) is 17.7. The van der Waals surface area contributed by atoms with Gasteiger partial charge >= 0.3 is 0 Å². The van der Waals surface area contributed by atoms with Crippen molar-refractivity contribution in [1.29, 1.82) is 0 Å². The summed E-state index contributed by atoms with van der Waals surface area (Å²) < 4.78 is 12.0. The van der Waals surface area contributed by atoms with Gasteiger partial charge in [-0.05, 0) is 48.4 Å². The molecule has 29 heavy (non-hydrogen) atoms. The van der Waals surface area contributed by atoms with E-state index in [1.165, 1.54) is 5.56 Å². The van der Waals surface area contributed by atoms with Crippen LogP contribution in [0.1, 0.15) is 16.8 Å². The average molecular weight is 381 g/mol. The van der Waals surface area contributed by atoms with Crippen LogP contribution in [0.3, 0.4) is 0 Å². The molecule has 2 aromatic carbocycles. The Labute approximate surface area is 170 Å². The zero-order valence-electron chi connectivity index (χ0n) is 16.0. The van der Waals surface area contributed by atoms with E-state index in [4.69, 9.17) is 9.47 Å². The van der Waals surface area contributed by atoms with Gasteiger partial charge in [-0.25, -0.2) is 4.98 Å². The molecule has 5 rings (SSSR count). The summed E-state index contributed by atoms with van der Waals surface area (Å²) in [7, 11) is 0. The first-order valence-electron chi connectivity index (χ1n) is 9.81. The molecule has 0 saturated carbocycles. The van der Waals surface area contributed by atoms with Gasteiger partial charge in [-0.15, -0.1) is 0 Å². The fourth-order valence-electron chi connectivity index (χ4n) is 3.66. The Morgan fingerprint density at radius 3 is 2.90 bits per heavy atom. The second-order valence-electron chi connectivity index (χ2n) is 7.29. The van der Waals surface area contributed by atoms with Crippen molar-refractivity contribution in [2.24, 2.45) is 5.92 Å². The number of ether oxygens (including phenoxy) is 2. The summed E-state index contributed by atoms with van der Waals surface area (Å²) in [5.74, 6) is 2.05. The number of pyridine rings is 2. The lowest BCUT2D eigenvalue weighted by atomic mass is 9.91. The van der Waals surface area contributed by atoms with Crippen molar-refractivity contribution in [2.75, 3.05) is 6.61 Å². The van der Waals surface area contributed by atoms with Crippen molar-refractivity contribution in [3.8, 4) is 11.5 Å². The standard InChI is InChI=1S/C25H21N2O2/c1-2-6-24-20(5-1)7-8-22(27-24)17-28-23-9-10-25-21(14-23)13-19(16-29-25)12-18-4-3-11-26-15-18/h1-11,13-15,19H,12,16-17H2/t19-/m1/s1. The molecule has 4 nitrogen and oxygen atoms in total. The first-order valence-corrected chi connectivity index (χ1v) is 9.81. The fourth-order valence-corrected chi connectivity index (χ4v) is 3.66. The molecule has 143 valence electrons. The van der Waals surface area contributed by atoms with Crippen molar-refractivity contribution < 1.29 is 9.47 Å². The molecule has 1 aliphatic heterocycles. The molecular formula is C25H21N2O2. The highest BCUT2D eigenvalue weighted by Crippen LogP contribution is 2.33. The van der Waals surface area contributed by atoms with E-state index in [0.717, 1.165) is 40.1 Å². The van der Waals surface area contributed by atoms with Gasteiger partial charge in [-0.1, -0.05) is 30.3 Å². The lowest BCUT2D eigenvalue weighted by Crippen LogP contribution is -2.21. The van der Waals surface area contributed by atoms with Crippen LogP contribution in [0.2, 0.25) is 0 Å². The zero-order valence-corrected chi connectivity index (χ0v) is 16.0. The summed E-state index contributed by atoms with van der Waals surface area (Å²) in [6.45, 7) is 1.12. The monoisotopic (exact) mass is 381 g/mol. The van der Waals surface area contributed by atoms with E-state index >= 15 is 0 Å². The molecule has 0 aliphatic carbocycles. The Morgan fingerprint density at radius 1 is 1.00 bits per heavy atom. The van der Waals surface area contributed by atoms with E-state index in [1.807, 2.05) is 54.7 Å². The highest BCUT2D eigenvalue weighted by atomic mass is 16.5. The third-order valence-electron chi connectivity index (χ3n) is 5.11. The van der Waals surface area contributed by atoms with Gasteiger partial charge in [0, 0.05) is 35.7 Å². The third kappa shape index (κ3) is 4.06. The molecule has 1 radical (unpaired) electrons. The second kappa shape index (κ2) is 7.92. The van der Waals surface area contributed by atoms with Crippen LogP contribution in [-0.4, -0.2) is 16.6 Å². The molecule has 0 unspecified atom stereocenters. The lowest BCUT2D eigenvalue weighted by molar-refractivity contribution is 0.248. The first-order chi connectivity index (χ1) is 14.3. The molecule has 0 spiro atoms. The van der Waals surface area contributed by atoms with Crippen molar-refractivity contribution >= 4 is 10.9 Å². The molecular weight excluding hydrogens is 360 g/mol. The van der Waals surface area contributed by atoms with Crippen LogP contribution < -0.4 is 9.47 Å². The molecule has 0 amide bonds. The number of hydrogen-bond acceptors (Lipinski definition) is 4. The Hall–Kier alpha value is -3.40. The number of aromatic nitrogens is 2. The van der Waals surface area contributed by atoms with Crippen LogP contribution in [0.15, 0.2) is 79.1 Å². The predicted molar refractivity (Wildman–Crippen MR) is 113 cm³/mol. The van der Waals surface area contributed by atoms with Crippen LogP contribution in [0.5, 0.6) is 11.5 Å². The van der Waals surface area contributed by atoms with Gasteiger partial charge in [0.05, 0.1) is 17.8 Å². The predicted octanol–water partition coefficient (Wildman–Crippen LogP) is 5.01. The quantitative estimate of drug-likeness (QED) is 0.487. The minimum Gasteiger partial charge on any atom is -0.493 e. The number of hydrogen-bond donors (Lipinski definition) is 0. The third-order valence-corrected chi connectivity index (χ3v) is 5.11. The van der Waals surface area contributed by atoms with Crippen LogP contribution in [-0.2, 0) is 13.0 Å². The topological polar surface area (TPSA) is 44.2 Å². The zero-order chi connectivity index (χ0) is 19.5. The largest absolute Gasteiger partial charge is 0.493 e. The van der Waals surface area contributed by atoms with Crippen LogP contribution in [0.25, 0.3) is 10.9 Å². The second-order valence-corrected chi connectivity index (χ2v) is 7.29. The van der Waals surface area contributed by atoms with Gasteiger partial charge in [-0.2, -0.15) is 0 Å². The molecule has 4 aromatic rings. The van der Waals surface area contributed by atoms with Gasteiger partial charge in [0.15, 0.2) is 0 Å². The summed E-state index contributed by atoms with van der Waals surface area (Å²) in [6, 6.07) is 22.3. The van der Waals surface area contributed by atoms with Crippen molar-refractivity contribution in [2.45, 2.75) is 13.0 Å². The summed E-state index contributed by atoms with van der Waals surface area (Å²) >= 11 is 0. The number of nitrogens with zero attached hydrogens (tertiary/aromatic N) is 2. The number of rotatable bonds is 5. The Bertz CT molecular complexity index is 1130. The number of fused-ring (bicyclic) bond motifs is 2. The van der Waals surface area contributed by atoms with Crippen LogP contribution in [0.4, 0.5) is 0 Å². The summed E-state index contributed by atoms with van der Waals surface area (Å²) in [6.07, 6.45) is 6.90. The average Bonchev–Trinajstić information content (AvgIpc) is 2.78. The maximum absolute atomic E-state index is 6.01. The van der Waals surface area contributed by atoms with E-state index in [0.29, 0.717) is 19.1 Å². The molecule has 1 aliphatic rings. The fraction of sp³-hybridized carbons (Fsp3) is 0.160. The Kier molecular flexibility index (Phi) is 4.83. The minimum absolute atomic E-state index is 0.323. The lowest BCUT2D eigenvalue weighted by Gasteiger charge is -2.25. The molecule has 0 N–H and O–H groups in total. The molecule has 0 bridgehead atoms. The van der Waals surface area contributed by atoms with Gasteiger partial charge < -0.3 is 9.47 Å². The Morgan fingerprint density at radius 2 is 1.97 bits per heavy atom. The highest BCUT2D eigenvalue weighted by Gasteiger charge is 2.21. The van der Waals surface area contributed by atoms with E-state index in [2.05, 4.69) is 34.6 Å². The van der Waals surface area contributed by atoms with Crippen molar-refractivity contribution in [1.82, 2.24) is 9.97 Å². The SMILES string of the molecule is [CH]1c2cc(OCc3ccc4ccccc4n3)ccc2OC[C@@H]1Cc1cccnc1. The van der Waals surface area contributed by atoms with E-state index < -0.39 is 0 Å². The molecule has 0 fully saturated rings. The van der Waals surface area contributed by atoms with Crippen LogP contribution in [0, 0.1) is 12.3 Å². The maximum Gasteiger partial charge on any atom is 0.130 e. The van der Waals surface area contributed by atoms with E-state index in [-0.39, 0.29) is 0 Å². The van der Waals surface area contributed by atoms with E-state index in [9.17, 15) is 0 Å². The van der Waals surface area contributed by atoms with Gasteiger partial charge in [0.25, 0.3) is 0 Å². The van der Waals surface area contributed by atoms with Crippen molar-refractivity contribution in [3.63, 3.8) is 0 Å². The molecule has 2 aromatic heterocycles. The molecule has 1 atom stereocenters. The van der Waals surface area contributed by atoms with Gasteiger partial charge in [0.2, 0.25) is 0 Å². The molecule has 3 heterocycles. The maximum atomic E-state index is 6.01. The Balaban J connectivity index is 1.27. The van der Waals surface area contributed by atoms with Crippen molar-refractivity contribution in [3.05, 3.63) is 102 Å². The van der Waals surface area contributed by atoms with Gasteiger partial charge in [-0.3, -0.25) is 4.98 Å². The molecule has 0 saturated heterocycles. The minimum atomic E-state index is 0.323. The molecule has 4 heteroatoms. The summed E-state index contributed by atoms with van der Waals surface area (Å²) in [5, 5.41) is 1.14. The number of para-hydroxylation sites is 1. The smallest absolute Gasteiger partial charge is 0.130 e. The normalized spacial score (nSPS) is 15.5. The van der Waals surface area contributed by atoms with Gasteiger partial charge in [0.1, 0.15) is 18.1 Å². The highest BCUT2D eigenvalue weighted by molar-refractivity contribution is 5.78. The summed E-state index contributed by atoms with van der Waals surface area (Å²) in [4.78, 5) is 8.87.